The largest absolute Gasteiger partial charge is 0.378 e. The molecule has 33 heavy (non-hydrogen) atoms. The van der Waals surface area contributed by atoms with Gasteiger partial charge in [-0.3, -0.25) is 5.10 Å². The second-order valence-electron chi connectivity index (χ2n) is 7.96. The Bertz CT molecular complexity index is 1390. The Balaban J connectivity index is 1.38. The molecule has 1 fully saturated rings. The predicted molar refractivity (Wildman–Crippen MR) is 124 cm³/mol. The highest BCUT2D eigenvalue weighted by atomic mass is 16.5. The van der Waals surface area contributed by atoms with Crippen LogP contribution in [-0.2, 0) is 22.7 Å². The first kappa shape index (κ1) is 19.8. The van der Waals surface area contributed by atoms with Gasteiger partial charge in [-0.25, -0.2) is 14.5 Å². The number of nitrogens with one attached hydrogen (secondary N) is 1. The lowest BCUT2D eigenvalue weighted by molar-refractivity contribution is 0.102. The number of anilines is 1. The van der Waals surface area contributed by atoms with Gasteiger partial charge in [0.25, 0.3) is 0 Å². The molecule has 1 saturated heterocycles. The minimum atomic E-state index is 0.325. The second kappa shape index (κ2) is 8.61. The van der Waals surface area contributed by atoms with Crippen LogP contribution < -0.4 is 4.90 Å². The summed E-state index contributed by atoms with van der Waals surface area (Å²) in [5.41, 5.74) is 4.62. The highest BCUT2D eigenvalue weighted by Crippen LogP contribution is 2.29. The molecule has 1 aliphatic rings. The number of hydrogen-bond donors (Lipinski definition) is 1. The fourth-order valence-electron chi connectivity index (χ4n) is 4.12. The molecule has 166 valence electrons. The molecule has 9 heteroatoms. The molecule has 5 aromatic rings. The lowest BCUT2D eigenvalue weighted by atomic mass is 10.1. The number of nitrogens with zero attached hydrogens (tertiary/aromatic N) is 6. The Morgan fingerprint density at radius 3 is 2.73 bits per heavy atom. The highest BCUT2D eigenvalue weighted by molar-refractivity contribution is 5.93. The number of aromatic nitrogens is 6. The van der Waals surface area contributed by atoms with E-state index in [9.17, 15) is 0 Å². The molecule has 0 atom stereocenters. The number of morpholine rings is 1. The van der Waals surface area contributed by atoms with E-state index in [2.05, 4.69) is 21.2 Å². The summed E-state index contributed by atoms with van der Waals surface area (Å²) in [6.45, 7) is 3.68. The molecule has 0 aliphatic carbocycles. The van der Waals surface area contributed by atoms with Crippen molar-refractivity contribution in [2.24, 2.45) is 0 Å². The van der Waals surface area contributed by atoms with E-state index in [0.717, 1.165) is 52.3 Å². The normalized spacial score (nSPS) is 14.4. The molecule has 0 spiro atoms. The molecule has 0 radical (unpaired) electrons. The van der Waals surface area contributed by atoms with Gasteiger partial charge in [0.15, 0.2) is 17.3 Å². The van der Waals surface area contributed by atoms with Crippen LogP contribution in [0.5, 0.6) is 0 Å². The third-order valence-corrected chi connectivity index (χ3v) is 5.76. The molecule has 4 heterocycles. The number of rotatable bonds is 6. The Labute approximate surface area is 190 Å². The van der Waals surface area contributed by atoms with Crippen molar-refractivity contribution in [3.8, 4) is 11.3 Å². The summed E-state index contributed by atoms with van der Waals surface area (Å²) in [5.74, 6) is 1.43. The van der Waals surface area contributed by atoms with Crippen LogP contribution in [0.3, 0.4) is 0 Å². The molecule has 6 rings (SSSR count). The third-order valence-electron chi connectivity index (χ3n) is 5.76. The highest BCUT2D eigenvalue weighted by Gasteiger charge is 2.21. The van der Waals surface area contributed by atoms with Crippen LogP contribution in [0.25, 0.3) is 27.8 Å². The molecule has 9 nitrogen and oxygen atoms in total. The van der Waals surface area contributed by atoms with E-state index < -0.39 is 0 Å². The minimum absolute atomic E-state index is 0.325. The van der Waals surface area contributed by atoms with Crippen LogP contribution in [0, 0.1) is 0 Å². The molecule has 0 bridgehead atoms. The van der Waals surface area contributed by atoms with Crippen molar-refractivity contribution in [1.82, 2.24) is 29.8 Å². The van der Waals surface area contributed by atoms with Crippen LogP contribution in [-0.4, -0.2) is 56.1 Å². The van der Waals surface area contributed by atoms with Gasteiger partial charge in [-0.05, 0) is 11.6 Å². The monoisotopic (exact) mass is 441 g/mol. The molecule has 0 unspecified atom stereocenters. The zero-order valence-electron chi connectivity index (χ0n) is 18.0. The van der Waals surface area contributed by atoms with Crippen molar-refractivity contribution in [3.63, 3.8) is 0 Å². The van der Waals surface area contributed by atoms with Crippen molar-refractivity contribution in [2.75, 3.05) is 31.2 Å². The van der Waals surface area contributed by atoms with Crippen molar-refractivity contribution >= 4 is 22.4 Å². The summed E-state index contributed by atoms with van der Waals surface area (Å²) in [6.07, 6.45) is 3.75. The minimum Gasteiger partial charge on any atom is -0.378 e. The number of fused-ring (bicyclic) bond motifs is 2. The van der Waals surface area contributed by atoms with E-state index in [4.69, 9.17) is 24.5 Å². The van der Waals surface area contributed by atoms with Gasteiger partial charge in [-0.15, -0.1) is 5.10 Å². The molecular weight excluding hydrogens is 418 g/mol. The number of hydrogen-bond acceptors (Lipinski definition) is 7. The summed E-state index contributed by atoms with van der Waals surface area (Å²) in [6, 6.07) is 16.1. The Kier molecular flexibility index (Phi) is 5.17. The molecule has 1 N–H and O–H groups in total. The summed E-state index contributed by atoms with van der Waals surface area (Å²) >= 11 is 0. The second-order valence-corrected chi connectivity index (χ2v) is 7.96. The SMILES string of the molecule is c1ccc(COCc2nc3c(N4CCOCC4)nc(-c4cccc5[nH]ncc45)cn3n2)cc1. The zero-order valence-corrected chi connectivity index (χ0v) is 18.0. The van der Waals surface area contributed by atoms with Gasteiger partial charge < -0.3 is 14.4 Å². The number of H-pyrrole nitrogens is 1. The standard InChI is InChI=1S/C24H23N7O2/c1-2-5-17(6-3-1)15-33-16-22-27-24-23(30-9-11-32-12-10-30)26-21(14-31(24)29-22)18-7-4-8-20-19(18)13-25-28-20/h1-8,13-14H,9-12,15-16H2,(H,25,28). The van der Waals surface area contributed by atoms with Gasteiger partial charge in [0, 0.05) is 24.0 Å². The van der Waals surface area contributed by atoms with Gasteiger partial charge in [0.2, 0.25) is 0 Å². The van der Waals surface area contributed by atoms with Crippen LogP contribution in [0.4, 0.5) is 5.82 Å². The molecular formula is C24H23N7O2. The predicted octanol–water partition coefficient (Wildman–Crippen LogP) is 3.22. The van der Waals surface area contributed by atoms with Crippen molar-refractivity contribution < 1.29 is 9.47 Å². The first-order valence-electron chi connectivity index (χ1n) is 11.0. The Morgan fingerprint density at radius 2 is 1.85 bits per heavy atom. The molecule has 1 aliphatic heterocycles. The third kappa shape index (κ3) is 3.92. The van der Waals surface area contributed by atoms with Gasteiger partial charge >= 0.3 is 0 Å². The average molecular weight is 441 g/mol. The molecule has 0 saturated carbocycles. The Hall–Kier alpha value is -3.82. The smallest absolute Gasteiger partial charge is 0.198 e. The fraction of sp³-hybridized carbons (Fsp3) is 0.250. The quantitative estimate of drug-likeness (QED) is 0.432. The van der Waals surface area contributed by atoms with Crippen LogP contribution in [0.2, 0.25) is 0 Å². The van der Waals surface area contributed by atoms with Crippen LogP contribution in [0.15, 0.2) is 60.9 Å². The number of benzene rings is 2. The fourth-order valence-corrected chi connectivity index (χ4v) is 4.12. The van der Waals surface area contributed by atoms with Crippen molar-refractivity contribution in [2.45, 2.75) is 13.2 Å². The van der Waals surface area contributed by atoms with E-state index in [-0.39, 0.29) is 0 Å². The molecule has 0 amide bonds. The van der Waals surface area contributed by atoms with Gasteiger partial charge in [-0.1, -0.05) is 42.5 Å². The Morgan fingerprint density at radius 1 is 0.970 bits per heavy atom. The molecule has 2 aromatic carbocycles. The van der Waals surface area contributed by atoms with E-state index in [1.807, 2.05) is 59.4 Å². The lowest BCUT2D eigenvalue weighted by Gasteiger charge is -2.28. The zero-order chi connectivity index (χ0) is 22.0. The van der Waals surface area contributed by atoms with E-state index >= 15 is 0 Å². The first-order valence-corrected chi connectivity index (χ1v) is 11.0. The van der Waals surface area contributed by atoms with E-state index in [0.29, 0.717) is 32.3 Å². The topological polar surface area (TPSA) is 93.5 Å². The van der Waals surface area contributed by atoms with Gasteiger partial charge in [0.1, 0.15) is 6.61 Å². The number of ether oxygens (including phenoxy) is 2. The van der Waals surface area contributed by atoms with Crippen molar-refractivity contribution in [1.29, 1.82) is 0 Å². The van der Waals surface area contributed by atoms with Crippen molar-refractivity contribution in [3.05, 3.63) is 72.3 Å². The summed E-state index contributed by atoms with van der Waals surface area (Å²) < 4.78 is 13.2. The van der Waals surface area contributed by atoms with Gasteiger partial charge in [-0.2, -0.15) is 5.10 Å². The van der Waals surface area contributed by atoms with Crippen LogP contribution in [0.1, 0.15) is 11.4 Å². The average Bonchev–Trinajstić information content (AvgIpc) is 3.51. The maximum atomic E-state index is 5.88. The summed E-state index contributed by atoms with van der Waals surface area (Å²) in [4.78, 5) is 12.0. The first-order chi connectivity index (χ1) is 16.3. The molecule has 3 aromatic heterocycles. The number of aromatic amines is 1. The van der Waals surface area contributed by atoms with E-state index in [1.54, 1.807) is 0 Å². The van der Waals surface area contributed by atoms with Gasteiger partial charge in [0.05, 0.1) is 43.4 Å². The maximum Gasteiger partial charge on any atom is 0.198 e. The maximum absolute atomic E-state index is 5.88. The van der Waals surface area contributed by atoms with E-state index in [1.165, 1.54) is 0 Å². The van der Waals surface area contributed by atoms with Crippen LogP contribution >= 0.6 is 0 Å². The lowest BCUT2D eigenvalue weighted by Crippen LogP contribution is -2.37. The summed E-state index contributed by atoms with van der Waals surface area (Å²) in [7, 11) is 0. The summed E-state index contributed by atoms with van der Waals surface area (Å²) in [5, 5.41) is 13.0.